The van der Waals surface area contributed by atoms with Gasteiger partial charge < -0.3 is 24.9 Å². The summed E-state index contributed by atoms with van der Waals surface area (Å²) in [4.78, 5) is 12.5. The molecule has 0 aromatic carbocycles. The van der Waals surface area contributed by atoms with E-state index in [1.54, 1.807) is 6.33 Å². The van der Waals surface area contributed by atoms with Crippen LogP contribution in [0, 0.1) is 0 Å². The molecule has 1 saturated carbocycles. The topological polar surface area (TPSA) is 108 Å². The van der Waals surface area contributed by atoms with Crippen molar-refractivity contribution in [1.82, 2.24) is 19.5 Å². The predicted octanol–water partition coefficient (Wildman–Crippen LogP) is 0.234. The Bertz CT molecular complexity index is 700. The van der Waals surface area contributed by atoms with E-state index >= 15 is 0 Å². The molecule has 2 fully saturated rings. The molecule has 3 N–H and O–H groups in total. The highest BCUT2D eigenvalue weighted by Crippen LogP contribution is 2.44. The number of nitrogens with two attached hydrogens (primary N) is 1. The second-order valence-corrected chi connectivity index (χ2v) is 6.02. The lowest BCUT2D eigenvalue weighted by molar-refractivity contribution is -0.165. The monoisotopic (exact) mass is 291 g/mol. The van der Waals surface area contributed by atoms with Crippen LogP contribution in [-0.4, -0.2) is 48.7 Å². The number of aliphatic hydroxyl groups is 1. The number of hydrogen-bond donors (Lipinski definition) is 2. The minimum atomic E-state index is -0.695. The highest BCUT2D eigenvalue weighted by atomic mass is 16.8. The second-order valence-electron chi connectivity index (χ2n) is 6.02. The van der Waals surface area contributed by atoms with E-state index in [0.717, 1.165) is 0 Å². The molecule has 0 radical (unpaired) electrons. The van der Waals surface area contributed by atoms with Crippen molar-refractivity contribution in [2.24, 2.45) is 0 Å². The lowest BCUT2D eigenvalue weighted by atomic mass is 10.2. The highest BCUT2D eigenvalue weighted by molar-refractivity contribution is 5.81. The molecule has 1 saturated heterocycles. The van der Waals surface area contributed by atoms with Gasteiger partial charge in [-0.2, -0.15) is 0 Å². The molecule has 21 heavy (non-hydrogen) atoms. The first kappa shape index (κ1) is 12.9. The second kappa shape index (κ2) is 4.12. The third kappa shape index (κ3) is 1.83. The van der Waals surface area contributed by atoms with Crippen LogP contribution in [0.5, 0.6) is 0 Å². The van der Waals surface area contributed by atoms with Crippen molar-refractivity contribution in [2.45, 2.75) is 50.4 Å². The number of rotatable bonds is 1. The Morgan fingerprint density at radius 2 is 2.05 bits per heavy atom. The first-order valence-electron chi connectivity index (χ1n) is 6.93. The molecular weight excluding hydrogens is 274 g/mol. The van der Waals surface area contributed by atoms with Crippen LogP contribution in [0.3, 0.4) is 0 Å². The van der Waals surface area contributed by atoms with Crippen LogP contribution >= 0.6 is 0 Å². The van der Waals surface area contributed by atoms with Crippen molar-refractivity contribution in [3.8, 4) is 0 Å². The summed E-state index contributed by atoms with van der Waals surface area (Å²) in [5.41, 5.74) is 7.02. The molecular formula is C13H17N5O3. The van der Waals surface area contributed by atoms with Gasteiger partial charge in [0, 0.05) is 0 Å². The molecule has 4 atom stereocenters. The molecule has 1 aliphatic heterocycles. The van der Waals surface area contributed by atoms with Crippen LogP contribution in [0.15, 0.2) is 12.7 Å². The molecule has 8 heteroatoms. The number of aliphatic hydroxyl groups excluding tert-OH is 1. The molecule has 2 aromatic rings. The van der Waals surface area contributed by atoms with Crippen LogP contribution in [-0.2, 0) is 9.47 Å². The number of imidazole rings is 1. The van der Waals surface area contributed by atoms with Crippen LogP contribution in [0.25, 0.3) is 11.2 Å². The molecule has 0 unspecified atom stereocenters. The van der Waals surface area contributed by atoms with E-state index in [4.69, 9.17) is 15.2 Å². The van der Waals surface area contributed by atoms with E-state index in [1.165, 1.54) is 6.33 Å². The Hall–Kier alpha value is -1.77. The van der Waals surface area contributed by atoms with Gasteiger partial charge in [-0.3, -0.25) is 0 Å². The minimum absolute atomic E-state index is 0.0916. The van der Waals surface area contributed by atoms with Crippen molar-refractivity contribution < 1.29 is 14.6 Å². The van der Waals surface area contributed by atoms with Gasteiger partial charge in [0.15, 0.2) is 17.3 Å². The van der Waals surface area contributed by atoms with Crippen LogP contribution in [0.1, 0.15) is 26.3 Å². The molecule has 0 spiro atoms. The SMILES string of the molecule is CC1(C)O[C@@H]2[C@H](O1)[C@@H](O)C[C@H]2n1cnc2c(N)ncnc21. The Balaban J connectivity index is 1.77. The lowest BCUT2D eigenvalue weighted by Gasteiger charge is -2.23. The van der Waals surface area contributed by atoms with Gasteiger partial charge in [0.25, 0.3) is 0 Å². The Morgan fingerprint density at radius 3 is 2.86 bits per heavy atom. The quantitative estimate of drug-likeness (QED) is 0.774. The highest BCUT2D eigenvalue weighted by Gasteiger charge is 2.54. The van der Waals surface area contributed by atoms with Crippen LogP contribution < -0.4 is 5.73 Å². The normalized spacial score (nSPS) is 34.4. The van der Waals surface area contributed by atoms with Crippen molar-refractivity contribution in [2.75, 3.05) is 5.73 Å². The van der Waals surface area contributed by atoms with Gasteiger partial charge in [-0.15, -0.1) is 0 Å². The summed E-state index contributed by atoms with van der Waals surface area (Å²) in [5, 5.41) is 10.2. The van der Waals surface area contributed by atoms with Gasteiger partial charge >= 0.3 is 0 Å². The van der Waals surface area contributed by atoms with Crippen molar-refractivity contribution in [3.63, 3.8) is 0 Å². The lowest BCUT2D eigenvalue weighted by Crippen LogP contribution is -2.28. The zero-order valence-electron chi connectivity index (χ0n) is 11.8. The number of hydrogen-bond acceptors (Lipinski definition) is 7. The summed E-state index contributed by atoms with van der Waals surface area (Å²) in [6.07, 6.45) is 2.48. The van der Waals surface area contributed by atoms with Crippen molar-refractivity contribution >= 4 is 17.0 Å². The molecule has 0 bridgehead atoms. The summed E-state index contributed by atoms with van der Waals surface area (Å²) in [5.74, 6) is -0.350. The Morgan fingerprint density at radius 1 is 1.29 bits per heavy atom. The van der Waals surface area contributed by atoms with Gasteiger partial charge in [-0.1, -0.05) is 0 Å². The van der Waals surface area contributed by atoms with E-state index in [0.29, 0.717) is 23.4 Å². The molecule has 112 valence electrons. The third-order valence-corrected chi connectivity index (χ3v) is 4.15. The van der Waals surface area contributed by atoms with Crippen LogP contribution in [0.4, 0.5) is 5.82 Å². The summed E-state index contributed by atoms with van der Waals surface area (Å²) >= 11 is 0. The number of nitrogen functional groups attached to an aromatic ring is 1. The predicted molar refractivity (Wildman–Crippen MR) is 73.2 cm³/mol. The number of nitrogens with zero attached hydrogens (tertiary/aromatic N) is 4. The fraction of sp³-hybridized carbons (Fsp3) is 0.615. The standard InChI is InChI=1S/C13H17N5O3/c1-13(2)20-9-6(3-7(19)10(9)21-13)18-5-17-8-11(14)15-4-16-12(8)18/h4-7,9-10,19H,3H2,1-2H3,(H2,14,15,16)/t6-,7+,9+,10-/m1/s1. The number of anilines is 1. The molecule has 1 aliphatic carbocycles. The Labute approximate surface area is 120 Å². The number of aromatic nitrogens is 4. The fourth-order valence-corrected chi connectivity index (χ4v) is 3.31. The minimum Gasteiger partial charge on any atom is -0.390 e. The van der Waals surface area contributed by atoms with Gasteiger partial charge in [0.1, 0.15) is 24.1 Å². The maximum atomic E-state index is 10.2. The molecule has 3 heterocycles. The fourth-order valence-electron chi connectivity index (χ4n) is 3.31. The zero-order chi connectivity index (χ0) is 14.8. The van der Waals surface area contributed by atoms with Crippen molar-refractivity contribution in [3.05, 3.63) is 12.7 Å². The molecule has 0 amide bonds. The van der Waals surface area contributed by atoms with Crippen molar-refractivity contribution in [1.29, 1.82) is 0 Å². The molecule has 4 rings (SSSR count). The van der Waals surface area contributed by atoms with Gasteiger partial charge in [-0.25, -0.2) is 15.0 Å². The average Bonchev–Trinajstić information content (AvgIpc) is 3.04. The Kier molecular flexibility index (Phi) is 2.54. The summed E-state index contributed by atoms with van der Waals surface area (Å²) < 4.78 is 13.6. The van der Waals surface area contributed by atoms with Crippen LogP contribution in [0.2, 0.25) is 0 Å². The van der Waals surface area contributed by atoms with Gasteiger partial charge in [-0.05, 0) is 20.3 Å². The summed E-state index contributed by atoms with van der Waals surface area (Å²) in [6.45, 7) is 3.70. The molecule has 2 aliphatic rings. The van der Waals surface area contributed by atoms with Gasteiger partial charge in [0.2, 0.25) is 0 Å². The van der Waals surface area contributed by atoms with E-state index in [9.17, 15) is 5.11 Å². The first-order chi connectivity index (χ1) is 9.96. The van der Waals surface area contributed by atoms with E-state index < -0.39 is 11.9 Å². The number of fused-ring (bicyclic) bond motifs is 2. The third-order valence-electron chi connectivity index (χ3n) is 4.15. The molecule has 2 aromatic heterocycles. The van der Waals surface area contributed by atoms with Gasteiger partial charge in [0.05, 0.1) is 18.5 Å². The average molecular weight is 291 g/mol. The number of ether oxygens (including phenoxy) is 2. The van der Waals surface area contributed by atoms with E-state index in [2.05, 4.69) is 15.0 Å². The van der Waals surface area contributed by atoms with E-state index in [-0.39, 0.29) is 18.2 Å². The first-order valence-corrected chi connectivity index (χ1v) is 6.93. The zero-order valence-corrected chi connectivity index (χ0v) is 11.8. The smallest absolute Gasteiger partial charge is 0.165 e. The maximum Gasteiger partial charge on any atom is 0.165 e. The maximum absolute atomic E-state index is 10.2. The molecule has 8 nitrogen and oxygen atoms in total. The summed E-state index contributed by atoms with van der Waals surface area (Å²) in [7, 11) is 0. The largest absolute Gasteiger partial charge is 0.390 e. The van der Waals surface area contributed by atoms with E-state index in [1.807, 2.05) is 18.4 Å². The summed E-state index contributed by atoms with van der Waals surface area (Å²) in [6, 6.07) is -0.0916.